The number of ether oxygens (including phenoxy) is 2. The first-order chi connectivity index (χ1) is 14.6. The van der Waals surface area contributed by atoms with Gasteiger partial charge in [-0.25, -0.2) is 9.90 Å². The Bertz CT molecular complexity index is 1000. The number of nitrogens with zero attached hydrogens (tertiary/aromatic N) is 1. The molecule has 0 bridgehead atoms. The number of para-hydroxylation sites is 1. The first kappa shape index (κ1) is 20.7. The summed E-state index contributed by atoms with van der Waals surface area (Å²) in [5.41, 5.74) is 1.10. The number of carbonyl (C=O) groups is 1. The zero-order chi connectivity index (χ0) is 20.9. The molecule has 154 valence electrons. The van der Waals surface area contributed by atoms with Crippen LogP contribution in [0.2, 0.25) is 10.0 Å². The quantitative estimate of drug-likeness (QED) is 0.518. The van der Waals surface area contributed by atoms with Crippen molar-refractivity contribution in [3.05, 3.63) is 100 Å². The molecule has 0 aromatic heterocycles. The third-order valence-electron chi connectivity index (χ3n) is 4.55. The van der Waals surface area contributed by atoms with Crippen LogP contribution in [0.25, 0.3) is 0 Å². The van der Waals surface area contributed by atoms with Crippen molar-refractivity contribution in [2.45, 2.75) is 12.4 Å². The number of hydrogen-bond acceptors (Lipinski definition) is 4. The number of benzene rings is 3. The summed E-state index contributed by atoms with van der Waals surface area (Å²) in [7, 11) is 0. The van der Waals surface area contributed by atoms with Crippen molar-refractivity contribution in [1.29, 1.82) is 0 Å². The van der Waals surface area contributed by atoms with Crippen LogP contribution >= 0.6 is 23.2 Å². The fourth-order valence-electron chi connectivity index (χ4n) is 3.06. The van der Waals surface area contributed by atoms with Crippen molar-refractivity contribution in [3.8, 4) is 5.75 Å². The lowest BCUT2D eigenvalue weighted by Crippen LogP contribution is -2.47. The lowest BCUT2D eigenvalue weighted by molar-refractivity contribution is -0.325. The molecule has 0 N–H and O–H groups in total. The Morgan fingerprint density at radius 2 is 1.70 bits per heavy atom. The van der Waals surface area contributed by atoms with Gasteiger partial charge in [-0.1, -0.05) is 65.7 Å². The Balaban J connectivity index is 1.56. The highest BCUT2D eigenvalue weighted by Crippen LogP contribution is 2.34. The fraction of sp³-hybridized carbons (Fsp3) is 0.174. The van der Waals surface area contributed by atoms with Gasteiger partial charge in [0.1, 0.15) is 18.5 Å². The topological polar surface area (TPSA) is 48.0 Å². The van der Waals surface area contributed by atoms with Gasteiger partial charge in [0.25, 0.3) is 5.91 Å². The lowest BCUT2D eigenvalue weighted by Gasteiger charge is -2.37. The Morgan fingerprint density at radius 1 is 1.00 bits per heavy atom. The molecule has 1 heterocycles. The maximum Gasteiger partial charge on any atom is 0.277 e. The largest absolute Gasteiger partial charge is 0.491 e. The maximum atomic E-state index is 13.0. The Morgan fingerprint density at radius 3 is 2.40 bits per heavy atom. The van der Waals surface area contributed by atoms with Gasteiger partial charge >= 0.3 is 0 Å². The monoisotopic (exact) mass is 443 g/mol. The van der Waals surface area contributed by atoms with Crippen molar-refractivity contribution < 1.29 is 19.1 Å². The average Bonchev–Trinajstić information content (AvgIpc) is 2.78. The normalized spacial score (nSPS) is 18.8. The summed E-state index contributed by atoms with van der Waals surface area (Å²) < 4.78 is 11.9. The van der Waals surface area contributed by atoms with E-state index in [9.17, 15) is 4.79 Å². The number of rotatable bonds is 5. The SMILES string of the molecule is O=C(c1ccccc1)N1C[C@@H](COc2ccccc2)O[C@@H](c2ccc(Cl)cc2Cl)O1. The molecule has 3 aromatic rings. The zero-order valence-electron chi connectivity index (χ0n) is 15.9. The van der Waals surface area contributed by atoms with E-state index < -0.39 is 12.4 Å². The van der Waals surface area contributed by atoms with Crippen LogP contribution in [0.5, 0.6) is 5.75 Å². The summed E-state index contributed by atoms with van der Waals surface area (Å²) in [6.07, 6.45) is -1.30. The highest BCUT2D eigenvalue weighted by molar-refractivity contribution is 6.35. The molecule has 7 heteroatoms. The highest BCUT2D eigenvalue weighted by atomic mass is 35.5. The first-order valence-corrected chi connectivity index (χ1v) is 10.2. The number of halogens is 2. The molecule has 0 unspecified atom stereocenters. The van der Waals surface area contributed by atoms with Crippen LogP contribution in [-0.2, 0) is 9.57 Å². The molecular weight excluding hydrogens is 425 g/mol. The van der Waals surface area contributed by atoms with Crippen LogP contribution in [0.3, 0.4) is 0 Å². The molecule has 1 fully saturated rings. The summed E-state index contributed by atoms with van der Waals surface area (Å²) in [5, 5.41) is 2.19. The molecule has 3 aromatic carbocycles. The van der Waals surface area contributed by atoms with E-state index in [1.165, 1.54) is 5.06 Å². The van der Waals surface area contributed by atoms with Gasteiger partial charge in [-0.3, -0.25) is 4.79 Å². The van der Waals surface area contributed by atoms with E-state index in [1.807, 2.05) is 36.4 Å². The summed E-state index contributed by atoms with van der Waals surface area (Å²) in [4.78, 5) is 18.9. The molecule has 1 aliphatic rings. The first-order valence-electron chi connectivity index (χ1n) is 9.42. The average molecular weight is 444 g/mol. The fourth-order valence-corrected chi connectivity index (χ4v) is 3.56. The maximum absolute atomic E-state index is 13.0. The van der Waals surface area contributed by atoms with E-state index in [2.05, 4.69) is 0 Å². The standard InChI is InChI=1S/C23H19Cl2NO4/c24-17-11-12-20(21(25)13-17)23-29-19(15-28-18-9-5-2-6-10-18)14-26(30-23)22(27)16-7-3-1-4-8-16/h1-13,19,23H,14-15H2/t19-,23+/m0/s1. The van der Waals surface area contributed by atoms with Crippen molar-refractivity contribution in [3.63, 3.8) is 0 Å². The van der Waals surface area contributed by atoms with Gasteiger partial charge in [-0.2, -0.15) is 0 Å². The van der Waals surface area contributed by atoms with Crippen LogP contribution < -0.4 is 4.74 Å². The van der Waals surface area contributed by atoms with Gasteiger partial charge in [0, 0.05) is 16.1 Å². The lowest BCUT2D eigenvalue weighted by atomic mass is 10.2. The molecule has 1 saturated heterocycles. The minimum atomic E-state index is -0.874. The van der Waals surface area contributed by atoms with E-state index in [0.29, 0.717) is 21.2 Å². The van der Waals surface area contributed by atoms with Crippen LogP contribution in [0.4, 0.5) is 0 Å². The summed E-state index contributed by atoms with van der Waals surface area (Å²) >= 11 is 12.4. The van der Waals surface area contributed by atoms with Crippen LogP contribution in [0.15, 0.2) is 78.9 Å². The molecule has 0 radical (unpaired) electrons. The molecule has 1 amide bonds. The van der Waals surface area contributed by atoms with Crippen LogP contribution in [-0.4, -0.2) is 30.2 Å². The van der Waals surface area contributed by atoms with E-state index in [1.54, 1.807) is 42.5 Å². The summed E-state index contributed by atoms with van der Waals surface area (Å²) in [6, 6.07) is 23.4. The van der Waals surface area contributed by atoms with Gasteiger partial charge in [0.2, 0.25) is 6.29 Å². The van der Waals surface area contributed by atoms with Crippen molar-refractivity contribution in [1.82, 2.24) is 5.06 Å². The summed E-state index contributed by atoms with van der Waals surface area (Å²) in [5.74, 6) is 0.452. The predicted octanol–water partition coefficient (Wildman–Crippen LogP) is 5.54. The molecule has 30 heavy (non-hydrogen) atoms. The Hall–Kier alpha value is -2.57. The minimum Gasteiger partial charge on any atom is -0.491 e. The minimum absolute atomic E-state index is 0.211. The molecular formula is C23H19Cl2NO4. The predicted molar refractivity (Wildman–Crippen MR) is 115 cm³/mol. The Kier molecular flexibility index (Phi) is 6.55. The molecule has 4 rings (SSSR count). The molecule has 0 saturated carbocycles. The van der Waals surface area contributed by atoms with Gasteiger partial charge < -0.3 is 9.47 Å². The van der Waals surface area contributed by atoms with Crippen LogP contribution in [0, 0.1) is 0 Å². The molecule has 1 aliphatic heterocycles. The molecule has 5 nitrogen and oxygen atoms in total. The van der Waals surface area contributed by atoms with E-state index in [-0.39, 0.29) is 19.1 Å². The Labute approximate surface area is 184 Å². The number of hydrogen-bond donors (Lipinski definition) is 0. The smallest absolute Gasteiger partial charge is 0.277 e. The number of hydroxylamine groups is 2. The second kappa shape index (κ2) is 9.49. The van der Waals surface area contributed by atoms with Crippen LogP contribution in [0.1, 0.15) is 22.2 Å². The second-order valence-electron chi connectivity index (χ2n) is 6.72. The molecule has 0 aliphatic carbocycles. The number of amides is 1. The second-order valence-corrected chi connectivity index (χ2v) is 7.56. The summed E-state index contributed by atoms with van der Waals surface area (Å²) in [6.45, 7) is 0.454. The van der Waals surface area contributed by atoms with E-state index >= 15 is 0 Å². The third kappa shape index (κ3) is 4.94. The van der Waals surface area contributed by atoms with E-state index in [4.69, 9.17) is 37.5 Å². The van der Waals surface area contributed by atoms with Gasteiger partial charge in [-0.15, -0.1) is 0 Å². The van der Waals surface area contributed by atoms with Gasteiger partial charge in [0.15, 0.2) is 0 Å². The van der Waals surface area contributed by atoms with Crippen molar-refractivity contribution >= 4 is 29.1 Å². The highest BCUT2D eigenvalue weighted by Gasteiger charge is 2.34. The number of carbonyl (C=O) groups excluding carboxylic acids is 1. The zero-order valence-corrected chi connectivity index (χ0v) is 17.4. The van der Waals surface area contributed by atoms with E-state index in [0.717, 1.165) is 5.75 Å². The third-order valence-corrected chi connectivity index (χ3v) is 5.11. The van der Waals surface area contributed by atoms with Crippen molar-refractivity contribution in [2.24, 2.45) is 0 Å². The molecule has 0 spiro atoms. The van der Waals surface area contributed by atoms with Gasteiger partial charge in [0.05, 0.1) is 11.6 Å². The van der Waals surface area contributed by atoms with Gasteiger partial charge in [-0.05, 0) is 36.4 Å². The van der Waals surface area contributed by atoms with Crippen molar-refractivity contribution in [2.75, 3.05) is 13.2 Å². The molecule has 2 atom stereocenters.